The van der Waals surface area contributed by atoms with Crippen molar-refractivity contribution in [3.63, 3.8) is 0 Å². The number of nitrogens with zero attached hydrogens (tertiary/aromatic N) is 3. The Kier molecular flexibility index (Phi) is 6.74. The SMILES string of the molecule is CN(C)c1cccc(Oc2ncncc2NC(=O)COc2ccc(C(C)(C)C)cc2)c1. The number of rotatable bonds is 7. The summed E-state index contributed by atoms with van der Waals surface area (Å²) in [6, 6.07) is 15.3. The van der Waals surface area contributed by atoms with Crippen LogP contribution >= 0.6 is 0 Å². The van der Waals surface area contributed by atoms with E-state index in [-0.39, 0.29) is 23.8 Å². The molecule has 1 N–H and O–H groups in total. The van der Waals surface area contributed by atoms with Crippen molar-refractivity contribution in [2.45, 2.75) is 26.2 Å². The zero-order valence-electron chi connectivity index (χ0n) is 18.5. The predicted octanol–water partition coefficient (Wildman–Crippen LogP) is 4.65. The third-order valence-electron chi connectivity index (χ3n) is 4.59. The standard InChI is InChI=1S/C24H28N4O3/c1-24(2,3)17-9-11-19(12-10-17)30-15-22(29)27-21-14-25-16-26-23(21)31-20-8-6-7-18(13-20)28(4)5/h6-14,16H,15H2,1-5H3,(H,27,29). The van der Waals surface area contributed by atoms with E-state index >= 15 is 0 Å². The van der Waals surface area contributed by atoms with Gasteiger partial charge in [0.1, 0.15) is 23.5 Å². The monoisotopic (exact) mass is 420 g/mol. The highest BCUT2D eigenvalue weighted by atomic mass is 16.5. The lowest BCUT2D eigenvalue weighted by molar-refractivity contribution is -0.118. The van der Waals surface area contributed by atoms with Crippen LogP contribution in [0.2, 0.25) is 0 Å². The summed E-state index contributed by atoms with van der Waals surface area (Å²) in [5.74, 6) is 1.16. The summed E-state index contributed by atoms with van der Waals surface area (Å²) in [4.78, 5) is 22.5. The van der Waals surface area contributed by atoms with Crippen LogP contribution in [0, 0.1) is 0 Å². The smallest absolute Gasteiger partial charge is 0.262 e. The molecule has 3 aromatic rings. The van der Waals surface area contributed by atoms with Crippen molar-refractivity contribution in [3.05, 3.63) is 66.6 Å². The molecule has 0 atom stereocenters. The summed E-state index contributed by atoms with van der Waals surface area (Å²) in [5.41, 5.74) is 2.62. The third kappa shape index (κ3) is 6.18. The van der Waals surface area contributed by atoms with Gasteiger partial charge in [-0.25, -0.2) is 4.98 Å². The fraction of sp³-hybridized carbons (Fsp3) is 0.292. The average Bonchev–Trinajstić information content (AvgIpc) is 2.73. The number of carbonyl (C=O) groups is 1. The summed E-state index contributed by atoms with van der Waals surface area (Å²) in [5, 5.41) is 2.75. The molecular weight excluding hydrogens is 392 g/mol. The Morgan fingerprint density at radius 2 is 1.81 bits per heavy atom. The maximum absolute atomic E-state index is 12.4. The van der Waals surface area contributed by atoms with Crippen molar-refractivity contribution in [3.8, 4) is 17.4 Å². The third-order valence-corrected chi connectivity index (χ3v) is 4.59. The Balaban J connectivity index is 1.62. The fourth-order valence-electron chi connectivity index (χ4n) is 2.81. The van der Waals surface area contributed by atoms with E-state index in [0.29, 0.717) is 17.2 Å². The van der Waals surface area contributed by atoms with Crippen molar-refractivity contribution >= 4 is 17.3 Å². The predicted molar refractivity (Wildman–Crippen MR) is 122 cm³/mol. The molecule has 0 saturated heterocycles. The molecule has 162 valence electrons. The van der Waals surface area contributed by atoms with Crippen LogP contribution in [0.5, 0.6) is 17.4 Å². The second-order valence-corrected chi connectivity index (χ2v) is 8.35. The normalized spacial score (nSPS) is 11.0. The number of ether oxygens (including phenoxy) is 2. The van der Waals surface area contributed by atoms with Crippen LogP contribution in [0.25, 0.3) is 0 Å². The van der Waals surface area contributed by atoms with Gasteiger partial charge in [0.15, 0.2) is 6.61 Å². The zero-order chi connectivity index (χ0) is 22.4. The maximum atomic E-state index is 12.4. The highest BCUT2D eigenvalue weighted by Gasteiger charge is 2.14. The van der Waals surface area contributed by atoms with E-state index in [1.165, 1.54) is 18.1 Å². The van der Waals surface area contributed by atoms with Crippen molar-refractivity contribution in [2.75, 3.05) is 30.9 Å². The van der Waals surface area contributed by atoms with Gasteiger partial charge in [-0.15, -0.1) is 0 Å². The Labute approximate surface area is 183 Å². The van der Waals surface area contributed by atoms with E-state index in [0.717, 1.165) is 5.69 Å². The first-order valence-corrected chi connectivity index (χ1v) is 10.0. The van der Waals surface area contributed by atoms with Crippen molar-refractivity contribution in [1.82, 2.24) is 9.97 Å². The van der Waals surface area contributed by atoms with Crippen LogP contribution in [0.4, 0.5) is 11.4 Å². The minimum atomic E-state index is -0.332. The van der Waals surface area contributed by atoms with Crippen molar-refractivity contribution < 1.29 is 14.3 Å². The van der Waals surface area contributed by atoms with Crippen LogP contribution in [0.15, 0.2) is 61.1 Å². The van der Waals surface area contributed by atoms with Gasteiger partial charge >= 0.3 is 0 Å². The summed E-state index contributed by atoms with van der Waals surface area (Å²) in [6.45, 7) is 6.30. The van der Waals surface area contributed by atoms with E-state index in [9.17, 15) is 4.79 Å². The van der Waals surface area contributed by atoms with Gasteiger partial charge in [0.05, 0.1) is 6.20 Å². The van der Waals surface area contributed by atoms with Gasteiger partial charge in [-0.1, -0.05) is 39.0 Å². The van der Waals surface area contributed by atoms with Crippen LogP contribution in [0.3, 0.4) is 0 Å². The van der Waals surface area contributed by atoms with E-state index < -0.39 is 0 Å². The highest BCUT2D eigenvalue weighted by Crippen LogP contribution is 2.28. The zero-order valence-corrected chi connectivity index (χ0v) is 18.5. The van der Waals surface area contributed by atoms with Crippen LogP contribution in [0.1, 0.15) is 26.3 Å². The summed E-state index contributed by atoms with van der Waals surface area (Å²) in [7, 11) is 3.90. The number of benzene rings is 2. The molecule has 0 unspecified atom stereocenters. The minimum Gasteiger partial charge on any atom is -0.484 e. The first kappa shape index (κ1) is 22.1. The molecule has 0 aliphatic rings. The van der Waals surface area contributed by atoms with E-state index in [2.05, 4.69) is 36.1 Å². The van der Waals surface area contributed by atoms with E-state index in [1.807, 2.05) is 67.5 Å². The first-order chi connectivity index (χ1) is 14.7. The number of anilines is 2. The molecule has 1 aromatic heterocycles. The number of hydrogen-bond acceptors (Lipinski definition) is 6. The second kappa shape index (κ2) is 9.47. The molecule has 0 fully saturated rings. The average molecular weight is 421 g/mol. The molecule has 7 heteroatoms. The van der Waals surface area contributed by atoms with Crippen LogP contribution in [-0.4, -0.2) is 36.6 Å². The molecule has 0 bridgehead atoms. The summed E-state index contributed by atoms with van der Waals surface area (Å²) in [6.07, 6.45) is 2.86. The van der Waals surface area contributed by atoms with Crippen molar-refractivity contribution in [2.24, 2.45) is 0 Å². The Morgan fingerprint density at radius 3 is 2.48 bits per heavy atom. The molecule has 1 amide bonds. The molecule has 1 heterocycles. The molecule has 0 saturated carbocycles. The van der Waals surface area contributed by atoms with Crippen molar-refractivity contribution in [1.29, 1.82) is 0 Å². The molecule has 2 aromatic carbocycles. The van der Waals surface area contributed by atoms with Gasteiger partial charge in [-0.05, 0) is 35.2 Å². The van der Waals surface area contributed by atoms with Gasteiger partial charge in [0, 0.05) is 25.8 Å². The van der Waals surface area contributed by atoms with Crippen LogP contribution in [-0.2, 0) is 10.2 Å². The van der Waals surface area contributed by atoms with Gasteiger partial charge in [0.2, 0.25) is 5.88 Å². The lowest BCUT2D eigenvalue weighted by Crippen LogP contribution is -2.21. The lowest BCUT2D eigenvalue weighted by atomic mass is 9.87. The quantitative estimate of drug-likeness (QED) is 0.600. The first-order valence-electron chi connectivity index (χ1n) is 10.0. The Hall–Kier alpha value is -3.61. The number of amides is 1. The maximum Gasteiger partial charge on any atom is 0.262 e. The number of nitrogens with one attached hydrogen (secondary N) is 1. The number of aromatic nitrogens is 2. The number of hydrogen-bond donors (Lipinski definition) is 1. The van der Waals surface area contributed by atoms with Gasteiger partial charge in [0.25, 0.3) is 5.91 Å². The molecule has 0 radical (unpaired) electrons. The molecule has 0 spiro atoms. The topological polar surface area (TPSA) is 76.6 Å². The summed E-state index contributed by atoms with van der Waals surface area (Å²) < 4.78 is 11.5. The molecule has 31 heavy (non-hydrogen) atoms. The van der Waals surface area contributed by atoms with Gasteiger partial charge < -0.3 is 19.7 Å². The lowest BCUT2D eigenvalue weighted by Gasteiger charge is -2.19. The largest absolute Gasteiger partial charge is 0.484 e. The van der Waals surface area contributed by atoms with E-state index in [4.69, 9.17) is 9.47 Å². The second-order valence-electron chi connectivity index (χ2n) is 8.35. The van der Waals surface area contributed by atoms with Crippen LogP contribution < -0.4 is 19.7 Å². The Morgan fingerprint density at radius 1 is 1.06 bits per heavy atom. The van der Waals surface area contributed by atoms with E-state index in [1.54, 1.807) is 0 Å². The summed E-state index contributed by atoms with van der Waals surface area (Å²) >= 11 is 0. The fourth-order valence-corrected chi connectivity index (χ4v) is 2.81. The minimum absolute atomic E-state index is 0.0612. The Bertz CT molecular complexity index is 1030. The highest BCUT2D eigenvalue weighted by molar-refractivity contribution is 5.92. The molecule has 3 rings (SSSR count). The number of carbonyl (C=O) groups excluding carboxylic acids is 1. The molecule has 7 nitrogen and oxygen atoms in total. The van der Waals surface area contributed by atoms with Gasteiger partial charge in [-0.2, -0.15) is 4.98 Å². The van der Waals surface area contributed by atoms with Gasteiger partial charge in [-0.3, -0.25) is 4.79 Å². The molecule has 0 aliphatic heterocycles. The molecule has 0 aliphatic carbocycles. The molecular formula is C24H28N4O3.